The molecule has 112 valence electrons. The summed E-state index contributed by atoms with van der Waals surface area (Å²) < 4.78 is 4.95. The number of amides is 1. The van der Waals surface area contributed by atoms with Crippen LogP contribution in [0.2, 0.25) is 0 Å². The van der Waals surface area contributed by atoms with Crippen LogP contribution in [0.1, 0.15) is 38.2 Å². The van der Waals surface area contributed by atoms with Gasteiger partial charge in [0.05, 0.1) is 11.5 Å². The molecular formula is C16H25NO3. The second-order valence-corrected chi connectivity index (χ2v) is 5.33. The molecule has 0 spiro atoms. The molecule has 0 aromatic heterocycles. The van der Waals surface area contributed by atoms with Crippen LogP contribution in [0, 0.1) is 0 Å². The molecule has 0 aliphatic rings. The lowest BCUT2D eigenvalue weighted by Gasteiger charge is -2.25. The first-order chi connectivity index (χ1) is 9.50. The number of methoxy groups -OCH3 is 1. The van der Waals surface area contributed by atoms with Gasteiger partial charge in [-0.1, -0.05) is 37.3 Å². The topological polar surface area (TPSA) is 58.6 Å². The van der Waals surface area contributed by atoms with Gasteiger partial charge in [-0.15, -0.1) is 0 Å². The van der Waals surface area contributed by atoms with E-state index in [0.717, 1.165) is 12.0 Å². The summed E-state index contributed by atoms with van der Waals surface area (Å²) in [6.07, 6.45) is 1.22. The Bertz CT molecular complexity index is 403. The highest BCUT2D eigenvalue weighted by molar-refractivity contribution is 5.83. The number of carbonyl (C=O) groups excluding carboxylic acids is 1. The minimum atomic E-state index is -0.944. The Kier molecular flexibility index (Phi) is 6.68. The molecule has 0 heterocycles. The van der Waals surface area contributed by atoms with Gasteiger partial charge in [0.2, 0.25) is 5.91 Å². The van der Waals surface area contributed by atoms with Crippen molar-refractivity contribution in [3.05, 3.63) is 35.9 Å². The molecule has 1 aromatic rings. The summed E-state index contributed by atoms with van der Waals surface area (Å²) in [6.45, 7) is 4.40. The Morgan fingerprint density at radius 2 is 2.05 bits per heavy atom. The van der Waals surface area contributed by atoms with Gasteiger partial charge in [-0.3, -0.25) is 4.79 Å². The minimum Gasteiger partial charge on any atom is -0.388 e. The van der Waals surface area contributed by atoms with E-state index in [1.165, 1.54) is 0 Å². The molecule has 0 radical (unpaired) electrons. The van der Waals surface area contributed by atoms with Crippen LogP contribution in [-0.4, -0.2) is 36.9 Å². The van der Waals surface area contributed by atoms with E-state index in [1.54, 1.807) is 14.0 Å². The summed E-state index contributed by atoms with van der Waals surface area (Å²) in [5.74, 6) is -0.217. The third-order valence-corrected chi connectivity index (χ3v) is 3.41. The average molecular weight is 279 g/mol. The molecule has 1 amide bonds. The van der Waals surface area contributed by atoms with E-state index in [9.17, 15) is 9.90 Å². The van der Waals surface area contributed by atoms with Crippen LogP contribution in [-0.2, 0) is 9.53 Å². The average Bonchev–Trinajstić information content (AvgIpc) is 2.45. The van der Waals surface area contributed by atoms with E-state index in [0.29, 0.717) is 13.0 Å². The van der Waals surface area contributed by atoms with Crippen LogP contribution < -0.4 is 5.32 Å². The van der Waals surface area contributed by atoms with E-state index < -0.39 is 5.60 Å². The molecule has 2 atom stereocenters. The van der Waals surface area contributed by atoms with Crippen molar-refractivity contribution in [1.29, 1.82) is 0 Å². The van der Waals surface area contributed by atoms with Crippen molar-refractivity contribution >= 4 is 5.91 Å². The number of benzene rings is 1. The summed E-state index contributed by atoms with van der Waals surface area (Å²) in [6, 6.07) is 9.71. The Morgan fingerprint density at radius 3 is 2.60 bits per heavy atom. The number of aliphatic hydroxyl groups is 1. The summed E-state index contributed by atoms with van der Waals surface area (Å²) >= 11 is 0. The van der Waals surface area contributed by atoms with Crippen LogP contribution in [0.5, 0.6) is 0 Å². The van der Waals surface area contributed by atoms with Crippen molar-refractivity contribution in [2.45, 2.75) is 38.2 Å². The van der Waals surface area contributed by atoms with Crippen molar-refractivity contribution in [3.8, 4) is 0 Å². The van der Waals surface area contributed by atoms with E-state index in [4.69, 9.17) is 4.74 Å². The normalized spacial score (nSPS) is 15.4. The second-order valence-electron chi connectivity index (χ2n) is 5.33. The molecule has 0 fully saturated rings. The predicted octanol–water partition coefficient (Wildman–Crippen LogP) is 2.08. The standard InChI is InChI=1S/C16H25NO3/c1-4-14(13-8-6-5-7-9-13)15(18)17-12-16(2,19)10-11-20-3/h5-9,14,19H,4,10-12H2,1-3H3,(H,17,18). The van der Waals surface area contributed by atoms with Gasteiger partial charge in [0.15, 0.2) is 0 Å². The third kappa shape index (κ3) is 5.31. The zero-order valence-electron chi connectivity index (χ0n) is 12.6. The predicted molar refractivity (Wildman–Crippen MR) is 79.6 cm³/mol. The zero-order valence-corrected chi connectivity index (χ0v) is 12.6. The second kappa shape index (κ2) is 8.02. The van der Waals surface area contributed by atoms with Gasteiger partial charge in [-0.2, -0.15) is 0 Å². The Morgan fingerprint density at radius 1 is 1.40 bits per heavy atom. The first-order valence-electron chi connectivity index (χ1n) is 7.04. The molecule has 4 nitrogen and oxygen atoms in total. The maximum atomic E-state index is 12.2. The number of hydrogen-bond acceptors (Lipinski definition) is 3. The molecular weight excluding hydrogens is 254 g/mol. The highest BCUT2D eigenvalue weighted by atomic mass is 16.5. The molecule has 0 saturated heterocycles. The van der Waals surface area contributed by atoms with Crippen LogP contribution in [0.15, 0.2) is 30.3 Å². The summed E-state index contributed by atoms with van der Waals surface area (Å²) in [7, 11) is 1.59. The fourth-order valence-corrected chi connectivity index (χ4v) is 2.07. The minimum absolute atomic E-state index is 0.0450. The van der Waals surface area contributed by atoms with E-state index >= 15 is 0 Å². The Labute approximate surface area is 121 Å². The highest BCUT2D eigenvalue weighted by Crippen LogP contribution is 2.19. The fourth-order valence-electron chi connectivity index (χ4n) is 2.07. The van der Waals surface area contributed by atoms with Crippen LogP contribution in [0.25, 0.3) is 0 Å². The summed E-state index contributed by atoms with van der Waals surface area (Å²) in [5.41, 5.74) is 0.0599. The number of carbonyl (C=O) groups is 1. The molecule has 0 saturated carbocycles. The van der Waals surface area contributed by atoms with Crippen molar-refractivity contribution < 1.29 is 14.6 Å². The lowest BCUT2D eigenvalue weighted by Crippen LogP contribution is -2.42. The van der Waals surface area contributed by atoms with E-state index in [1.807, 2.05) is 37.3 Å². The lowest BCUT2D eigenvalue weighted by atomic mass is 9.95. The highest BCUT2D eigenvalue weighted by Gasteiger charge is 2.24. The molecule has 1 rings (SSSR count). The lowest BCUT2D eigenvalue weighted by molar-refractivity contribution is -0.124. The van der Waals surface area contributed by atoms with E-state index in [2.05, 4.69) is 5.32 Å². The van der Waals surface area contributed by atoms with Crippen molar-refractivity contribution in [1.82, 2.24) is 5.32 Å². The number of rotatable bonds is 8. The third-order valence-electron chi connectivity index (χ3n) is 3.41. The fraction of sp³-hybridized carbons (Fsp3) is 0.562. The quantitative estimate of drug-likeness (QED) is 0.766. The maximum absolute atomic E-state index is 12.2. The first kappa shape index (κ1) is 16.7. The maximum Gasteiger partial charge on any atom is 0.227 e. The van der Waals surface area contributed by atoms with Gasteiger partial charge in [0, 0.05) is 26.7 Å². The van der Waals surface area contributed by atoms with Crippen molar-refractivity contribution in [3.63, 3.8) is 0 Å². The molecule has 4 heteroatoms. The molecule has 0 aliphatic carbocycles. The monoisotopic (exact) mass is 279 g/mol. The number of hydrogen-bond donors (Lipinski definition) is 2. The Balaban J connectivity index is 2.56. The van der Waals surface area contributed by atoms with Gasteiger partial charge in [0.1, 0.15) is 0 Å². The molecule has 2 unspecified atom stereocenters. The van der Waals surface area contributed by atoms with Gasteiger partial charge >= 0.3 is 0 Å². The molecule has 0 aliphatic heterocycles. The SMILES string of the molecule is CCC(C(=O)NCC(C)(O)CCOC)c1ccccc1. The molecule has 0 bridgehead atoms. The molecule has 20 heavy (non-hydrogen) atoms. The van der Waals surface area contributed by atoms with Gasteiger partial charge < -0.3 is 15.2 Å². The molecule has 1 aromatic carbocycles. The van der Waals surface area contributed by atoms with Crippen LogP contribution in [0.4, 0.5) is 0 Å². The Hall–Kier alpha value is -1.39. The largest absolute Gasteiger partial charge is 0.388 e. The smallest absolute Gasteiger partial charge is 0.227 e. The van der Waals surface area contributed by atoms with Gasteiger partial charge in [-0.25, -0.2) is 0 Å². The summed E-state index contributed by atoms with van der Waals surface area (Å²) in [5, 5.41) is 13.0. The summed E-state index contributed by atoms with van der Waals surface area (Å²) in [4.78, 5) is 12.2. The van der Waals surface area contributed by atoms with Gasteiger partial charge in [-0.05, 0) is 18.9 Å². The first-order valence-corrected chi connectivity index (χ1v) is 7.04. The van der Waals surface area contributed by atoms with Crippen LogP contribution >= 0.6 is 0 Å². The van der Waals surface area contributed by atoms with Gasteiger partial charge in [0.25, 0.3) is 0 Å². The number of ether oxygens (including phenoxy) is 1. The van der Waals surface area contributed by atoms with Crippen molar-refractivity contribution in [2.75, 3.05) is 20.3 Å². The zero-order chi connectivity index (χ0) is 15.0. The van der Waals surface area contributed by atoms with E-state index in [-0.39, 0.29) is 18.4 Å². The number of nitrogens with one attached hydrogen (secondary N) is 1. The van der Waals surface area contributed by atoms with Crippen LogP contribution in [0.3, 0.4) is 0 Å². The molecule has 2 N–H and O–H groups in total. The van der Waals surface area contributed by atoms with Crippen molar-refractivity contribution in [2.24, 2.45) is 0 Å².